The summed E-state index contributed by atoms with van der Waals surface area (Å²) in [6.07, 6.45) is 1.26. The van der Waals surface area contributed by atoms with Gasteiger partial charge in [-0.15, -0.1) is 0 Å². The Morgan fingerprint density at radius 2 is 1.95 bits per heavy atom. The van der Waals surface area contributed by atoms with Gasteiger partial charge in [0.05, 0.1) is 5.69 Å². The molecule has 2 heterocycles. The van der Waals surface area contributed by atoms with Crippen LogP contribution in [0.4, 0.5) is 5.82 Å². The van der Waals surface area contributed by atoms with Gasteiger partial charge in [-0.3, -0.25) is 9.58 Å². The molecule has 19 heavy (non-hydrogen) atoms. The molecule has 1 aromatic heterocycles. The third kappa shape index (κ3) is 3.48. The fraction of sp³-hybridized carbons (Fsp3) is 0.786. The lowest BCUT2D eigenvalue weighted by Crippen LogP contribution is -2.29. The Hall–Kier alpha value is -1.07. The number of rotatable bonds is 4. The van der Waals surface area contributed by atoms with Crippen LogP contribution in [0, 0.1) is 6.92 Å². The van der Waals surface area contributed by atoms with E-state index in [9.17, 15) is 0 Å². The molecule has 5 heteroatoms. The van der Waals surface area contributed by atoms with Gasteiger partial charge in [0.25, 0.3) is 0 Å². The predicted octanol–water partition coefficient (Wildman–Crippen LogP) is 1.30. The average molecular weight is 265 g/mol. The summed E-state index contributed by atoms with van der Waals surface area (Å²) in [5.74, 6) is 1.18. The molecule has 0 spiro atoms. The first kappa shape index (κ1) is 14.3. The second kappa shape index (κ2) is 6.39. The van der Waals surface area contributed by atoms with Crippen molar-refractivity contribution in [2.24, 2.45) is 7.05 Å². The monoisotopic (exact) mass is 265 g/mol. The van der Waals surface area contributed by atoms with Gasteiger partial charge in [-0.1, -0.05) is 0 Å². The molecule has 0 saturated carbocycles. The number of nitrogens with zero attached hydrogens (tertiary/aromatic N) is 4. The zero-order valence-corrected chi connectivity index (χ0v) is 12.7. The van der Waals surface area contributed by atoms with Crippen LogP contribution in [0.5, 0.6) is 0 Å². The summed E-state index contributed by atoms with van der Waals surface area (Å²) in [7, 11) is 4.23. The van der Waals surface area contributed by atoms with Crippen molar-refractivity contribution in [1.29, 1.82) is 0 Å². The molecule has 0 unspecified atom stereocenters. The Balaban J connectivity index is 2.09. The number of aryl methyl sites for hydroxylation is 2. The maximum Gasteiger partial charge on any atom is 0.128 e. The summed E-state index contributed by atoms with van der Waals surface area (Å²) in [6.45, 7) is 10.9. The topological polar surface area (TPSA) is 36.3 Å². The Labute approximate surface area is 116 Å². The first-order valence-corrected chi connectivity index (χ1v) is 7.29. The molecule has 2 rings (SSSR count). The molecule has 108 valence electrons. The van der Waals surface area contributed by atoms with E-state index in [2.05, 4.69) is 41.1 Å². The lowest BCUT2D eigenvalue weighted by Gasteiger charge is -2.20. The molecule has 1 aliphatic rings. The van der Waals surface area contributed by atoms with Crippen LogP contribution < -0.4 is 5.32 Å². The van der Waals surface area contributed by atoms with Crippen molar-refractivity contribution in [3.8, 4) is 0 Å². The Kier molecular flexibility index (Phi) is 4.82. The summed E-state index contributed by atoms with van der Waals surface area (Å²) >= 11 is 0. The largest absolute Gasteiger partial charge is 0.370 e. The molecule has 1 aromatic rings. The molecular weight excluding hydrogens is 238 g/mol. The highest BCUT2D eigenvalue weighted by Crippen LogP contribution is 2.21. The molecule has 0 aromatic carbocycles. The first-order chi connectivity index (χ1) is 9.11. The summed E-state index contributed by atoms with van der Waals surface area (Å²) in [5.41, 5.74) is 2.50. The molecule has 0 atom stereocenters. The average Bonchev–Trinajstić information content (AvgIpc) is 2.54. The van der Waals surface area contributed by atoms with Crippen LogP contribution in [0.15, 0.2) is 0 Å². The maximum absolute atomic E-state index is 4.55. The van der Waals surface area contributed by atoms with Gasteiger partial charge in [0.1, 0.15) is 5.82 Å². The summed E-state index contributed by atoms with van der Waals surface area (Å²) in [4.78, 5) is 4.97. The van der Waals surface area contributed by atoms with Crippen LogP contribution in [0.25, 0.3) is 0 Å². The van der Waals surface area contributed by atoms with E-state index in [4.69, 9.17) is 0 Å². The molecule has 0 aliphatic carbocycles. The SMILES string of the molecule is CCNc1c(CN2CCCN(C)CC2)c(C)nn1C. The molecule has 1 fully saturated rings. The van der Waals surface area contributed by atoms with E-state index in [-0.39, 0.29) is 0 Å². The van der Waals surface area contributed by atoms with E-state index in [1.165, 1.54) is 30.9 Å². The quantitative estimate of drug-likeness (QED) is 0.890. The highest BCUT2D eigenvalue weighted by Gasteiger charge is 2.18. The molecule has 0 bridgehead atoms. The molecule has 0 amide bonds. The van der Waals surface area contributed by atoms with Crippen molar-refractivity contribution >= 4 is 5.82 Å². The van der Waals surface area contributed by atoms with Crippen LogP contribution in [-0.2, 0) is 13.6 Å². The van der Waals surface area contributed by atoms with Crippen LogP contribution in [0.1, 0.15) is 24.6 Å². The smallest absolute Gasteiger partial charge is 0.128 e. The molecule has 5 nitrogen and oxygen atoms in total. The van der Waals surface area contributed by atoms with E-state index in [1.54, 1.807) is 0 Å². The number of likely N-dealkylation sites (N-methyl/N-ethyl adjacent to an activating group) is 1. The van der Waals surface area contributed by atoms with Gasteiger partial charge in [0.2, 0.25) is 0 Å². The third-order valence-electron chi connectivity index (χ3n) is 3.88. The minimum atomic E-state index is 0.939. The lowest BCUT2D eigenvalue weighted by atomic mass is 10.2. The second-order valence-electron chi connectivity index (χ2n) is 5.50. The van der Waals surface area contributed by atoms with Crippen molar-refractivity contribution < 1.29 is 0 Å². The summed E-state index contributed by atoms with van der Waals surface area (Å²) < 4.78 is 1.97. The van der Waals surface area contributed by atoms with Gasteiger partial charge in [0.15, 0.2) is 0 Å². The Morgan fingerprint density at radius 1 is 1.16 bits per heavy atom. The van der Waals surface area contributed by atoms with Gasteiger partial charge in [-0.25, -0.2) is 0 Å². The van der Waals surface area contributed by atoms with Crippen molar-refractivity contribution in [1.82, 2.24) is 19.6 Å². The van der Waals surface area contributed by atoms with Gasteiger partial charge < -0.3 is 10.2 Å². The van der Waals surface area contributed by atoms with Crippen molar-refractivity contribution in [2.75, 3.05) is 45.1 Å². The van der Waals surface area contributed by atoms with Crippen LogP contribution in [0.2, 0.25) is 0 Å². The van der Waals surface area contributed by atoms with Crippen molar-refractivity contribution in [3.63, 3.8) is 0 Å². The van der Waals surface area contributed by atoms with Crippen LogP contribution in [-0.4, -0.2) is 59.4 Å². The molecule has 1 N–H and O–H groups in total. The second-order valence-corrected chi connectivity index (χ2v) is 5.50. The normalized spacial score (nSPS) is 18.5. The van der Waals surface area contributed by atoms with E-state index < -0.39 is 0 Å². The van der Waals surface area contributed by atoms with E-state index in [1.807, 2.05) is 11.7 Å². The Morgan fingerprint density at radius 3 is 2.68 bits per heavy atom. The Bertz CT molecular complexity index is 412. The standard InChI is InChI=1S/C14H27N5/c1-5-15-14-13(12(2)16-18(14)4)11-19-8-6-7-17(3)9-10-19/h15H,5-11H2,1-4H3. The van der Waals surface area contributed by atoms with Crippen molar-refractivity contribution in [2.45, 2.75) is 26.8 Å². The highest BCUT2D eigenvalue weighted by molar-refractivity contribution is 5.47. The number of hydrogen-bond acceptors (Lipinski definition) is 4. The minimum absolute atomic E-state index is 0.939. The fourth-order valence-corrected chi connectivity index (χ4v) is 2.76. The first-order valence-electron chi connectivity index (χ1n) is 7.29. The lowest BCUT2D eigenvalue weighted by molar-refractivity contribution is 0.269. The zero-order valence-electron chi connectivity index (χ0n) is 12.7. The van der Waals surface area contributed by atoms with Gasteiger partial charge in [-0.05, 0) is 40.4 Å². The summed E-state index contributed by atoms with van der Waals surface area (Å²) in [5, 5.41) is 7.99. The molecular formula is C14H27N5. The van der Waals surface area contributed by atoms with E-state index >= 15 is 0 Å². The number of aromatic nitrogens is 2. The van der Waals surface area contributed by atoms with Crippen molar-refractivity contribution in [3.05, 3.63) is 11.3 Å². The molecule has 1 saturated heterocycles. The van der Waals surface area contributed by atoms with Gasteiger partial charge in [-0.2, -0.15) is 5.10 Å². The number of hydrogen-bond donors (Lipinski definition) is 1. The van der Waals surface area contributed by atoms with Crippen LogP contribution >= 0.6 is 0 Å². The molecule has 1 aliphatic heterocycles. The minimum Gasteiger partial charge on any atom is -0.370 e. The maximum atomic E-state index is 4.55. The number of anilines is 1. The van der Waals surface area contributed by atoms with Gasteiger partial charge in [0, 0.05) is 38.8 Å². The van der Waals surface area contributed by atoms with Gasteiger partial charge >= 0.3 is 0 Å². The van der Waals surface area contributed by atoms with Crippen LogP contribution in [0.3, 0.4) is 0 Å². The number of nitrogens with one attached hydrogen (secondary N) is 1. The molecule has 0 radical (unpaired) electrons. The van der Waals surface area contributed by atoms with E-state index in [0.29, 0.717) is 0 Å². The highest BCUT2D eigenvalue weighted by atomic mass is 15.3. The summed E-state index contributed by atoms with van der Waals surface area (Å²) in [6, 6.07) is 0. The third-order valence-corrected chi connectivity index (χ3v) is 3.88. The zero-order chi connectivity index (χ0) is 13.8. The van der Waals surface area contributed by atoms with E-state index in [0.717, 1.165) is 31.9 Å². The predicted molar refractivity (Wildman–Crippen MR) is 79.5 cm³/mol. The fourth-order valence-electron chi connectivity index (χ4n) is 2.76.